The van der Waals surface area contributed by atoms with Gasteiger partial charge in [0.05, 0.1) is 30.4 Å². The number of phenols is 1. The molecule has 4 heteroatoms. The second-order valence-corrected chi connectivity index (χ2v) is 7.56. The molecule has 4 aromatic carbocycles. The summed E-state index contributed by atoms with van der Waals surface area (Å²) in [5.74, 6) is 1.13. The Morgan fingerprint density at radius 3 is 1.48 bits per heavy atom. The van der Waals surface area contributed by atoms with E-state index in [-0.39, 0.29) is 5.75 Å². The first-order valence-electron chi connectivity index (χ1n) is 10.4. The molecular weight excluding hydrogens is 408 g/mol. The lowest BCUT2D eigenvalue weighted by molar-refractivity contribution is 0.414. The van der Waals surface area contributed by atoms with Gasteiger partial charge in [-0.25, -0.2) is 0 Å². The third-order valence-corrected chi connectivity index (χ3v) is 5.29. The van der Waals surface area contributed by atoms with Crippen LogP contribution in [0.5, 0.6) is 11.5 Å². The molecule has 0 aliphatic carbocycles. The SMILES string of the molecule is COc1ccc(-c2ccc(C#N)cc2)c(C)c1.Cc1cc(O)ccc1-c1ccc(C#N)cc1. The van der Waals surface area contributed by atoms with Crippen molar-refractivity contribution in [3.05, 3.63) is 107 Å². The zero-order chi connectivity index (χ0) is 23.8. The maximum atomic E-state index is 9.32. The van der Waals surface area contributed by atoms with Crippen LogP contribution in [-0.2, 0) is 0 Å². The fourth-order valence-electron chi connectivity index (χ4n) is 3.51. The molecule has 0 aliphatic heterocycles. The number of ether oxygens (including phenoxy) is 1. The number of aryl methyl sites for hydroxylation is 2. The highest BCUT2D eigenvalue weighted by Crippen LogP contribution is 2.27. The minimum atomic E-state index is 0.273. The van der Waals surface area contributed by atoms with Crippen LogP contribution < -0.4 is 4.74 Å². The number of nitrogens with zero attached hydrogens (tertiary/aromatic N) is 2. The van der Waals surface area contributed by atoms with Gasteiger partial charge in [0.15, 0.2) is 0 Å². The molecule has 0 unspecified atom stereocenters. The van der Waals surface area contributed by atoms with E-state index in [1.807, 2.05) is 67.6 Å². The number of methoxy groups -OCH3 is 1. The molecule has 0 aliphatic rings. The van der Waals surface area contributed by atoms with E-state index < -0.39 is 0 Å². The number of aromatic hydroxyl groups is 1. The van der Waals surface area contributed by atoms with Crippen LogP contribution in [0.15, 0.2) is 84.9 Å². The van der Waals surface area contributed by atoms with E-state index in [4.69, 9.17) is 15.3 Å². The quantitative estimate of drug-likeness (QED) is 0.387. The number of rotatable bonds is 3. The van der Waals surface area contributed by atoms with E-state index in [9.17, 15) is 5.11 Å². The fraction of sp³-hybridized carbons (Fsp3) is 0.103. The predicted molar refractivity (Wildman–Crippen MR) is 131 cm³/mol. The highest BCUT2D eigenvalue weighted by molar-refractivity contribution is 5.69. The van der Waals surface area contributed by atoms with Crippen molar-refractivity contribution in [2.75, 3.05) is 7.11 Å². The summed E-state index contributed by atoms with van der Waals surface area (Å²) in [7, 11) is 1.66. The van der Waals surface area contributed by atoms with Crippen LogP contribution in [0, 0.1) is 36.5 Å². The summed E-state index contributed by atoms with van der Waals surface area (Å²) < 4.78 is 5.18. The maximum absolute atomic E-state index is 9.32. The van der Waals surface area contributed by atoms with Crippen LogP contribution in [0.4, 0.5) is 0 Å². The standard InChI is InChI=1S/C15H13NO.C14H11NO/c1-11-9-14(17-2)7-8-15(11)13-5-3-12(10-16)4-6-13;1-10-8-13(16)6-7-14(10)12-4-2-11(9-15)3-5-12/h3-9H,1-2H3;2-8,16H,1H3. The molecule has 4 rings (SSSR count). The number of hydrogen-bond donors (Lipinski definition) is 1. The number of benzene rings is 4. The molecular formula is C29H24N2O2. The van der Waals surface area contributed by atoms with Crippen LogP contribution in [0.2, 0.25) is 0 Å². The van der Waals surface area contributed by atoms with Crippen LogP contribution in [-0.4, -0.2) is 12.2 Å². The van der Waals surface area contributed by atoms with Crippen molar-refractivity contribution in [2.45, 2.75) is 13.8 Å². The van der Waals surface area contributed by atoms with E-state index in [2.05, 4.69) is 19.1 Å². The summed E-state index contributed by atoms with van der Waals surface area (Å²) in [5.41, 5.74) is 7.91. The Bertz CT molecular complexity index is 1330. The third-order valence-electron chi connectivity index (χ3n) is 5.29. The Morgan fingerprint density at radius 2 is 1.09 bits per heavy atom. The van der Waals surface area contributed by atoms with Gasteiger partial charge in [0, 0.05) is 0 Å². The molecule has 0 bridgehead atoms. The smallest absolute Gasteiger partial charge is 0.119 e. The summed E-state index contributed by atoms with van der Waals surface area (Å²) in [6, 6.07) is 30.5. The zero-order valence-electron chi connectivity index (χ0n) is 18.8. The summed E-state index contributed by atoms with van der Waals surface area (Å²) in [5, 5.41) is 26.8. The van der Waals surface area contributed by atoms with Gasteiger partial charge < -0.3 is 9.84 Å². The summed E-state index contributed by atoms with van der Waals surface area (Å²) in [6.45, 7) is 4.00. The van der Waals surface area contributed by atoms with Gasteiger partial charge in [-0.2, -0.15) is 10.5 Å². The van der Waals surface area contributed by atoms with E-state index in [0.717, 1.165) is 39.1 Å². The lowest BCUT2D eigenvalue weighted by Gasteiger charge is -2.08. The van der Waals surface area contributed by atoms with Gasteiger partial charge in [0.25, 0.3) is 0 Å². The summed E-state index contributed by atoms with van der Waals surface area (Å²) in [4.78, 5) is 0. The molecule has 0 spiro atoms. The normalized spacial score (nSPS) is 9.73. The molecule has 4 nitrogen and oxygen atoms in total. The largest absolute Gasteiger partial charge is 0.508 e. The minimum Gasteiger partial charge on any atom is -0.508 e. The van der Waals surface area contributed by atoms with Gasteiger partial charge in [0.1, 0.15) is 11.5 Å². The highest BCUT2D eigenvalue weighted by Gasteiger charge is 2.04. The molecule has 162 valence electrons. The van der Waals surface area contributed by atoms with Crippen molar-refractivity contribution >= 4 is 0 Å². The molecule has 0 saturated heterocycles. The van der Waals surface area contributed by atoms with Crippen LogP contribution >= 0.6 is 0 Å². The number of hydrogen-bond acceptors (Lipinski definition) is 4. The molecule has 0 atom stereocenters. The summed E-state index contributed by atoms with van der Waals surface area (Å²) >= 11 is 0. The van der Waals surface area contributed by atoms with Gasteiger partial charge in [-0.1, -0.05) is 36.4 Å². The van der Waals surface area contributed by atoms with Gasteiger partial charge in [-0.3, -0.25) is 0 Å². The Labute approximate surface area is 194 Å². The molecule has 0 fully saturated rings. The van der Waals surface area contributed by atoms with Crippen LogP contribution in [0.3, 0.4) is 0 Å². The lowest BCUT2D eigenvalue weighted by atomic mass is 9.99. The average molecular weight is 433 g/mol. The summed E-state index contributed by atoms with van der Waals surface area (Å²) in [6.07, 6.45) is 0. The van der Waals surface area contributed by atoms with Crippen LogP contribution in [0.1, 0.15) is 22.3 Å². The molecule has 0 radical (unpaired) electrons. The Hall–Kier alpha value is -4.54. The van der Waals surface area contributed by atoms with Crippen molar-refractivity contribution in [1.82, 2.24) is 0 Å². The Balaban J connectivity index is 0.000000186. The van der Waals surface area contributed by atoms with Crippen molar-refractivity contribution in [1.29, 1.82) is 10.5 Å². The van der Waals surface area contributed by atoms with Gasteiger partial charge in [0.2, 0.25) is 0 Å². The molecule has 4 aromatic rings. The second kappa shape index (κ2) is 10.7. The van der Waals surface area contributed by atoms with Crippen molar-refractivity contribution in [3.8, 4) is 45.9 Å². The van der Waals surface area contributed by atoms with Crippen LogP contribution in [0.25, 0.3) is 22.3 Å². The lowest BCUT2D eigenvalue weighted by Crippen LogP contribution is -1.87. The average Bonchev–Trinajstić information content (AvgIpc) is 2.84. The van der Waals surface area contributed by atoms with Crippen molar-refractivity contribution in [2.24, 2.45) is 0 Å². The number of phenolic OH excluding ortho intramolecular Hbond substituents is 1. The topological polar surface area (TPSA) is 77.0 Å². The van der Waals surface area contributed by atoms with E-state index >= 15 is 0 Å². The highest BCUT2D eigenvalue weighted by atomic mass is 16.5. The first-order valence-corrected chi connectivity index (χ1v) is 10.4. The maximum Gasteiger partial charge on any atom is 0.119 e. The van der Waals surface area contributed by atoms with Crippen molar-refractivity contribution in [3.63, 3.8) is 0 Å². The Kier molecular flexibility index (Phi) is 7.47. The number of nitriles is 2. The minimum absolute atomic E-state index is 0.273. The first-order chi connectivity index (χ1) is 15.9. The van der Waals surface area contributed by atoms with Gasteiger partial charge >= 0.3 is 0 Å². The Morgan fingerprint density at radius 1 is 0.636 bits per heavy atom. The zero-order valence-corrected chi connectivity index (χ0v) is 18.8. The fourth-order valence-corrected chi connectivity index (χ4v) is 3.51. The second-order valence-electron chi connectivity index (χ2n) is 7.56. The molecule has 1 N–H and O–H groups in total. The van der Waals surface area contributed by atoms with E-state index in [0.29, 0.717) is 11.1 Å². The van der Waals surface area contributed by atoms with Crippen molar-refractivity contribution < 1.29 is 9.84 Å². The molecule has 0 aromatic heterocycles. The third kappa shape index (κ3) is 5.79. The van der Waals surface area contributed by atoms with Gasteiger partial charge in [-0.05, 0) is 95.8 Å². The monoisotopic (exact) mass is 432 g/mol. The van der Waals surface area contributed by atoms with Gasteiger partial charge in [-0.15, -0.1) is 0 Å². The predicted octanol–water partition coefficient (Wildman–Crippen LogP) is 6.78. The van der Waals surface area contributed by atoms with E-state index in [1.165, 1.54) is 0 Å². The molecule has 0 heterocycles. The molecule has 0 amide bonds. The first kappa shape index (κ1) is 23.1. The van der Waals surface area contributed by atoms with E-state index in [1.54, 1.807) is 31.4 Å². The molecule has 0 saturated carbocycles. The molecule has 33 heavy (non-hydrogen) atoms.